The first-order chi connectivity index (χ1) is 25.4. The number of nitrogens with one attached hydrogen (secondary N) is 1. The number of ether oxygens (including phenoxy) is 1. The van der Waals surface area contributed by atoms with E-state index in [2.05, 4.69) is 46.9 Å². The molecule has 6 aliphatic rings. The number of carbonyl (C=O) groups excluding carboxylic acids is 3. The van der Waals surface area contributed by atoms with Gasteiger partial charge in [-0.3, -0.25) is 19.2 Å². The van der Waals surface area contributed by atoms with Crippen LogP contribution in [0.3, 0.4) is 0 Å². The lowest BCUT2D eigenvalue weighted by Crippen LogP contribution is -2.62. The summed E-state index contributed by atoms with van der Waals surface area (Å²) >= 11 is 6.16. The Kier molecular flexibility index (Phi) is 10.3. The molecule has 0 spiro atoms. The van der Waals surface area contributed by atoms with E-state index < -0.39 is 5.97 Å². The molecule has 0 heterocycles. The Labute approximate surface area is 328 Å². The van der Waals surface area contributed by atoms with Crippen LogP contribution >= 0.6 is 11.6 Å². The average Bonchev–Trinajstić information content (AvgIpc) is 3.40. The zero-order valence-electron chi connectivity index (χ0n) is 34.0. The molecule has 6 aliphatic carbocycles. The van der Waals surface area contributed by atoms with Crippen LogP contribution in [0.5, 0.6) is 5.75 Å². The van der Waals surface area contributed by atoms with Crippen LogP contribution in [0.4, 0.5) is 0 Å². The number of hydrogen-bond donors (Lipinski definition) is 2. The number of carboxylic acids is 1. The largest absolute Gasteiger partial charge is 0.496 e. The van der Waals surface area contributed by atoms with E-state index in [1.165, 1.54) is 24.8 Å². The number of methoxy groups -OCH3 is 1. The minimum atomic E-state index is -0.764. The smallest absolute Gasteiger partial charge is 0.306 e. The number of ketones is 2. The van der Waals surface area contributed by atoms with Crippen molar-refractivity contribution in [1.29, 1.82) is 0 Å². The van der Waals surface area contributed by atoms with Crippen LogP contribution in [0.1, 0.15) is 136 Å². The number of amides is 1. The van der Waals surface area contributed by atoms with Gasteiger partial charge in [0.1, 0.15) is 11.5 Å². The highest BCUT2D eigenvalue weighted by molar-refractivity contribution is 6.30. The molecule has 0 aromatic heterocycles. The standard InChI is InChI=1S/C46H64ClNO6/c1-25(2)39-35(50)24-46(19-20-48-41(51)30-10-9-28(47)22-36(30)54-8)18-14-33-29(40(39)46)11-12-38-44(33,6)17-15-37-43(4,5)27(13-16-45(37,38)7)21-34(49)31-23-32(26(31)3)42(52)53/h9-10,22,25-27,29,31-33,37-38H,11-21,23-24H2,1-8H3,(H,48,51)(H,52,53). The lowest BCUT2D eigenvalue weighted by Gasteiger charge is -2.69. The van der Waals surface area contributed by atoms with Gasteiger partial charge in [-0.1, -0.05) is 65.6 Å². The summed E-state index contributed by atoms with van der Waals surface area (Å²) in [6.07, 6.45) is 11.4. The minimum Gasteiger partial charge on any atom is -0.496 e. The molecule has 1 amide bonds. The maximum absolute atomic E-state index is 14.0. The van der Waals surface area contributed by atoms with Crippen molar-refractivity contribution in [1.82, 2.24) is 5.32 Å². The van der Waals surface area contributed by atoms with E-state index in [9.17, 15) is 24.3 Å². The fourth-order valence-electron chi connectivity index (χ4n) is 14.5. The van der Waals surface area contributed by atoms with Crippen molar-refractivity contribution < 1.29 is 29.0 Å². The van der Waals surface area contributed by atoms with Crippen molar-refractivity contribution in [3.05, 3.63) is 39.9 Å². The third kappa shape index (κ3) is 6.11. The number of benzene rings is 1. The number of Topliss-reactive ketones (excluding diaryl/α,β-unsaturated/α-hetero) is 2. The highest BCUT2D eigenvalue weighted by Crippen LogP contribution is 2.74. The second-order valence-electron chi connectivity index (χ2n) is 20.1. The molecule has 0 radical (unpaired) electrons. The van der Waals surface area contributed by atoms with Gasteiger partial charge in [0.15, 0.2) is 5.78 Å². The fourth-order valence-corrected chi connectivity index (χ4v) is 14.6. The van der Waals surface area contributed by atoms with Gasteiger partial charge in [-0.2, -0.15) is 0 Å². The number of carboxylic acid groups (broad SMARTS) is 1. The molecule has 0 aliphatic heterocycles. The Morgan fingerprint density at radius 2 is 1.69 bits per heavy atom. The summed E-state index contributed by atoms with van der Waals surface area (Å²) in [4.78, 5) is 52.5. The Hall–Kier alpha value is -2.67. The number of aliphatic carboxylic acids is 1. The molecule has 8 heteroatoms. The number of halogens is 1. The van der Waals surface area contributed by atoms with E-state index >= 15 is 0 Å². The monoisotopic (exact) mass is 761 g/mol. The van der Waals surface area contributed by atoms with Gasteiger partial charge in [0, 0.05) is 35.7 Å². The van der Waals surface area contributed by atoms with Crippen molar-refractivity contribution in [2.75, 3.05) is 13.7 Å². The summed E-state index contributed by atoms with van der Waals surface area (Å²) in [6, 6.07) is 5.07. The summed E-state index contributed by atoms with van der Waals surface area (Å²) in [6.45, 7) is 16.9. The third-order valence-electron chi connectivity index (χ3n) is 17.2. The molecular weight excluding hydrogens is 698 g/mol. The number of rotatable bonds is 10. The summed E-state index contributed by atoms with van der Waals surface area (Å²) in [5.74, 6) is 2.16. The lowest BCUT2D eigenvalue weighted by molar-refractivity contribution is -0.193. The molecule has 2 N–H and O–H groups in total. The minimum absolute atomic E-state index is 0.0351. The van der Waals surface area contributed by atoms with Gasteiger partial charge >= 0.3 is 5.97 Å². The van der Waals surface area contributed by atoms with Crippen LogP contribution in [0, 0.1) is 74.9 Å². The van der Waals surface area contributed by atoms with E-state index in [0.29, 0.717) is 77.5 Å². The summed E-state index contributed by atoms with van der Waals surface area (Å²) in [5.41, 5.74) is 3.21. The topological polar surface area (TPSA) is 110 Å². The summed E-state index contributed by atoms with van der Waals surface area (Å²) < 4.78 is 5.45. The normalized spacial score (nSPS) is 39.5. The summed E-state index contributed by atoms with van der Waals surface area (Å²) in [5, 5.41) is 13.2. The van der Waals surface area contributed by atoms with E-state index in [1.807, 2.05) is 6.92 Å². The van der Waals surface area contributed by atoms with Crippen molar-refractivity contribution in [2.45, 2.75) is 126 Å². The SMILES string of the molecule is COc1cc(Cl)ccc1C(=O)NCCC12CCC3C(CCC4C3(C)CCC3C(C)(C)C(CC(=O)C5CC(C(=O)O)C5C)CCC34C)C1=C(C(C)C)C(=O)C2. The van der Waals surface area contributed by atoms with Crippen molar-refractivity contribution in [3.8, 4) is 5.75 Å². The Bertz CT molecular complexity index is 1750. The van der Waals surface area contributed by atoms with Gasteiger partial charge in [-0.15, -0.1) is 0 Å². The highest BCUT2D eigenvalue weighted by atomic mass is 35.5. The van der Waals surface area contributed by atoms with Crippen LogP contribution in [-0.4, -0.2) is 42.2 Å². The molecule has 0 bridgehead atoms. The maximum Gasteiger partial charge on any atom is 0.306 e. The highest BCUT2D eigenvalue weighted by Gasteiger charge is 2.66. The Morgan fingerprint density at radius 3 is 2.35 bits per heavy atom. The molecule has 54 heavy (non-hydrogen) atoms. The van der Waals surface area contributed by atoms with Gasteiger partial charge in [-0.05, 0) is 146 Å². The van der Waals surface area contributed by atoms with E-state index in [1.54, 1.807) is 25.3 Å². The maximum atomic E-state index is 14.0. The zero-order valence-corrected chi connectivity index (χ0v) is 34.7. The second kappa shape index (κ2) is 14.1. The molecule has 5 fully saturated rings. The number of fused-ring (bicyclic) bond motifs is 7. The van der Waals surface area contributed by atoms with Gasteiger partial charge in [0.2, 0.25) is 0 Å². The number of carbonyl (C=O) groups is 4. The zero-order chi connectivity index (χ0) is 39.1. The number of hydrogen-bond acceptors (Lipinski definition) is 5. The van der Waals surface area contributed by atoms with Crippen molar-refractivity contribution in [3.63, 3.8) is 0 Å². The van der Waals surface area contributed by atoms with E-state index in [0.717, 1.165) is 44.1 Å². The first-order valence-corrected chi connectivity index (χ1v) is 21.4. The molecule has 1 aromatic rings. The van der Waals surface area contributed by atoms with Crippen LogP contribution in [0.15, 0.2) is 29.3 Å². The van der Waals surface area contributed by atoms with E-state index in [-0.39, 0.29) is 57.0 Å². The number of allylic oxidation sites excluding steroid dienone is 2. The van der Waals surface area contributed by atoms with Crippen LogP contribution < -0.4 is 10.1 Å². The van der Waals surface area contributed by atoms with Gasteiger partial charge in [0.05, 0.1) is 18.6 Å². The molecule has 296 valence electrons. The summed E-state index contributed by atoms with van der Waals surface area (Å²) in [7, 11) is 1.54. The fraction of sp³-hybridized carbons (Fsp3) is 0.739. The Balaban J connectivity index is 1.09. The van der Waals surface area contributed by atoms with E-state index in [4.69, 9.17) is 16.3 Å². The molecule has 0 saturated heterocycles. The molecule has 7 rings (SSSR count). The molecule has 7 nitrogen and oxygen atoms in total. The van der Waals surface area contributed by atoms with Crippen LogP contribution in [0.25, 0.3) is 0 Å². The van der Waals surface area contributed by atoms with Crippen molar-refractivity contribution in [2.24, 2.45) is 74.9 Å². The predicted molar refractivity (Wildman–Crippen MR) is 211 cm³/mol. The second-order valence-corrected chi connectivity index (χ2v) is 20.5. The molecule has 11 unspecified atom stereocenters. The average molecular weight is 762 g/mol. The Morgan fingerprint density at radius 1 is 0.963 bits per heavy atom. The van der Waals surface area contributed by atoms with Gasteiger partial charge < -0.3 is 15.2 Å². The quantitative estimate of drug-likeness (QED) is 0.246. The molecular formula is C46H64ClNO6. The van der Waals surface area contributed by atoms with Crippen molar-refractivity contribution >= 4 is 35.0 Å². The van der Waals surface area contributed by atoms with Crippen LogP contribution in [-0.2, 0) is 14.4 Å². The first-order valence-electron chi connectivity index (χ1n) is 21.0. The molecule has 5 saturated carbocycles. The predicted octanol–water partition coefficient (Wildman–Crippen LogP) is 9.99. The molecule has 1 aromatic carbocycles. The van der Waals surface area contributed by atoms with Crippen LogP contribution in [0.2, 0.25) is 5.02 Å². The molecule has 11 atom stereocenters. The first kappa shape index (κ1) is 39.6. The third-order valence-corrected chi connectivity index (χ3v) is 17.5. The lowest BCUT2D eigenvalue weighted by atomic mass is 9.35. The van der Waals surface area contributed by atoms with Gasteiger partial charge in [-0.25, -0.2) is 0 Å². The van der Waals surface area contributed by atoms with Gasteiger partial charge in [0.25, 0.3) is 5.91 Å².